The van der Waals surface area contributed by atoms with Gasteiger partial charge in [-0.2, -0.15) is 0 Å². The van der Waals surface area contributed by atoms with Gasteiger partial charge in [0.05, 0.1) is 18.8 Å². The zero-order chi connectivity index (χ0) is 14.5. The summed E-state index contributed by atoms with van der Waals surface area (Å²) < 4.78 is 5.76. The summed E-state index contributed by atoms with van der Waals surface area (Å²) in [5.41, 5.74) is 0. The average molecular weight is 284 g/mol. The highest BCUT2D eigenvalue weighted by Crippen LogP contribution is 2.21. The van der Waals surface area contributed by atoms with Gasteiger partial charge in [0.1, 0.15) is 0 Å². The fraction of sp³-hybridized carbons (Fsp3) is 0.933. The van der Waals surface area contributed by atoms with E-state index < -0.39 is 5.97 Å². The third-order valence-electron chi connectivity index (χ3n) is 4.41. The predicted octanol–water partition coefficient (Wildman–Crippen LogP) is 1.28. The van der Waals surface area contributed by atoms with E-state index in [1.165, 1.54) is 6.42 Å². The quantitative estimate of drug-likeness (QED) is 0.824. The molecule has 2 unspecified atom stereocenters. The lowest BCUT2D eigenvalue weighted by Gasteiger charge is -2.37. The molecule has 0 radical (unpaired) electrons. The van der Waals surface area contributed by atoms with Crippen molar-refractivity contribution in [1.29, 1.82) is 0 Å². The number of carboxylic acid groups (broad SMARTS) is 1. The summed E-state index contributed by atoms with van der Waals surface area (Å²) in [5, 5.41) is 8.79. The first-order valence-corrected chi connectivity index (χ1v) is 7.85. The van der Waals surface area contributed by atoms with Crippen LogP contribution in [0.15, 0.2) is 0 Å². The molecule has 2 saturated heterocycles. The summed E-state index contributed by atoms with van der Waals surface area (Å²) in [4.78, 5) is 15.3. The van der Waals surface area contributed by atoms with Crippen LogP contribution in [0.5, 0.6) is 0 Å². The molecule has 0 bridgehead atoms. The SMILES string of the molecule is CC1CN(CCC2CCN(CC(=O)O)CC2)CC(C)O1. The van der Waals surface area contributed by atoms with Crippen LogP contribution in [0.25, 0.3) is 0 Å². The van der Waals surface area contributed by atoms with E-state index in [4.69, 9.17) is 9.84 Å². The van der Waals surface area contributed by atoms with Crippen molar-refractivity contribution in [2.45, 2.75) is 45.3 Å². The molecule has 5 heteroatoms. The lowest BCUT2D eigenvalue weighted by molar-refractivity contribution is -0.138. The van der Waals surface area contributed by atoms with Crippen LogP contribution in [0.3, 0.4) is 0 Å². The standard InChI is InChI=1S/C15H28N2O3/c1-12-9-17(10-13(2)20-12)8-5-14-3-6-16(7-4-14)11-15(18)19/h12-14H,3-11H2,1-2H3,(H,18,19). The first kappa shape index (κ1) is 15.7. The molecule has 2 rings (SSSR count). The van der Waals surface area contributed by atoms with Crippen molar-refractivity contribution in [3.63, 3.8) is 0 Å². The van der Waals surface area contributed by atoms with Gasteiger partial charge in [0, 0.05) is 13.1 Å². The minimum absolute atomic E-state index is 0.200. The van der Waals surface area contributed by atoms with E-state index >= 15 is 0 Å². The van der Waals surface area contributed by atoms with Crippen molar-refractivity contribution in [2.75, 3.05) is 39.3 Å². The Morgan fingerprint density at radius 3 is 2.30 bits per heavy atom. The van der Waals surface area contributed by atoms with Crippen LogP contribution in [0.4, 0.5) is 0 Å². The minimum Gasteiger partial charge on any atom is -0.480 e. The van der Waals surface area contributed by atoms with E-state index in [0.717, 1.165) is 51.5 Å². The molecule has 2 heterocycles. The number of aliphatic carboxylic acids is 1. The molecule has 0 aliphatic carbocycles. The molecule has 0 saturated carbocycles. The van der Waals surface area contributed by atoms with Gasteiger partial charge in [-0.3, -0.25) is 14.6 Å². The molecule has 2 atom stereocenters. The van der Waals surface area contributed by atoms with Gasteiger partial charge < -0.3 is 9.84 Å². The highest BCUT2D eigenvalue weighted by molar-refractivity contribution is 5.69. The fourth-order valence-electron chi connectivity index (χ4n) is 3.46. The molecular weight excluding hydrogens is 256 g/mol. The Balaban J connectivity index is 1.64. The van der Waals surface area contributed by atoms with Crippen molar-refractivity contribution in [1.82, 2.24) is 9.80 Å². The molecule has 0 spiro atoms. The number of carbonyl (C=O) groups is 1. The van der Waals surface area contributed by atoms with Gasteiger partial charge in [-0.1, -0.05) is 0 Å². The van der Waals surface area contributed by atoms with E-state index in [9.17, 15) is 4.79 Å². The first-order valence-electron chi connectivity index (χ1n) is 7.85. The second-order valence-corrected chi connectivity index (χ2v) is 6.42. The van der Waals surface area contributed by atoms with Crippen molar-refractivity contribution in [3.05, 3.63) is 0 Å². The van der Waals surface area contributed by atoms with Crippen molar-refractivity contribution in [3.8, 4) is 0 Å². The van der Waals surface area contributed by atoms with Crippen molar-refractivity contribution >= 4 is 5.97 Å². The average Bonchev–Trinajstić information content (AvgIpc) is 2.36. The van der Waals surface area contributed by atoms with Crippen LogP contribution in [0, 0.1) is 5.92 Å². The summed E-state index contributed by atoms with van der Waals surface area (Å²) in [6.07, 6.45) is 4.21. The lowest BCUT2D eigenvalue weighted by Crippen LogP contribution is -2.46. The molecule has 0 aromatic rings. The molecule has 20 heavy (non-hydrogen) atoms. The Bertz CT molecular complexity index is 306. The molecule has 1 N–H and O–H groups in total. The zero-order valence-corrected chi connectivity index (χ0v) is 12.8. The summed E-state index contributed by atoms with van der Waals surface area (Å²) in [6, 6.07) is 0. The van der Waals surface area contributed by atoms with Gasteiger partial charge in [0.25, 0.3) is 0 Å². The van der Waals surface area contributed by atoms with Crippen LogP contribution in [-0.2, 0) is 9.53 Å². The topological polar surface area (TPSA) is 53.0 Å². The van der Waals surface area contributed by atoms with E-state index in [-0.39, 0.29) is 6.54 Å². The second kappa shape index (κ2) is 7.38. The number of piperidine rings is 1. The number of carboxylic acids is 1. The van der Waals surface area contributed by atoms with Crippen LogP contribution in [-0.4, -0.2) is 72.4 Å². The number of likely N-dealkylation sites (tertiary alicyclic amines) is 1. The van der Waals surface area contributed by atoms with Crippen LogP contribution in [0.1, 0.15) is 33.1 Å². The molecule has 2 fully saturated rings. The molecule has 0 aromatic heterocycles. The maximum atomic E-state index is 10.7. The smallest absolute Gasteiger partial charge is 0.317 e. The van der Waals surface area contributed by atoms with Gasteiger partial charge in [0.15, 0.2) is 0 Å². The summed E-state index contributed by atoms with van der Waals surface area (Å²) in [5.74, 6) is 0.0493. The van der Waals surface area contributed by atoms with Gasteiger partial charge in [-0.25, -0.2) is 0 Å². The third kappa shape index (κ3) is 5.04. The number of hydrogen-bond donors (Lipinski definition) is 1. The van der Waals surface area contributed by atoms with E-state index in [2.05, 4.69) is 23.6 Å². The highest BCUT2D eigenvalue weighted by Gasteiger charge is 2.24. The van der Waals surface area contributed by atoms with E-state index in [1.807, 2.05) is 0 Å². The van der Waals surface area contributed by atoms with Gasteiger partial charge in [-0.05, 0) is 58.7 Å². The fourth-order valence-corrected chi connectivity index (χ4v) is 3.46. The van der Waals surface area contributed by atoms with Gasteiger partial charge in [-0.15, -0.1) is 0 Å². The number of hydrogen-bond acceptors (Lipinski definition) is 4. The number of rotatable bonds is 5. The van der Waals surface area contributed by atoms with Crippen LogP contribution >= 0.6 is 0 Å². The van der Waals surface area contributed by atoms with Crippen molar-refractivity contribution < 1.29 is 14.6 Å². The number of morpholine rings is 1. The van der Waals surface area contributed by atoms with Gasteiger partial charge in [0.2, 0.25) is 0 Å². The van der Waals surface area contributed by atoms with Crippen molar-refractivity contribution in [2.24, 2.45) is 5.92 Å². The molecule has 5 nitrogen and oxygen atoms in total. The second-order valence-electron chi connectivity index (χ2n) is 6.42. The molecule has 0 aromatic carbocycles. The van der Waals surface area contributed by atoms with E-state index in [0.29, 0.717) is 12.2 Å². The number of ether oxygens (including phenoxy) is 1. The molecule has 116 valence electrons. The van der Waals surface area contributed by atoms with Crippen LogP contribution in [0.2, 0.25) is 0 Å². The minimum atomic E-state index is -0.709. The predicted molar refractivity (Wildman–Crippen MR) is 77.9 cm³/mol. The maximum Gasteiger partial charge on any atom is 0.317 e. The zero-order valence-electron chi connectivity index (χ0n) is 12.8. The molecule has 2 aliphatic heterocycles. The number of nitrogens with zero attached hydrogens (tertiary/aromatic N) is 2. The Kier molecular flexibility index (Phi) is 5.81. The summed E-state index contributed by atoms with van der Waals surface area (Å²) >= 11 is 0. The van der Waals surface area contributed by atoms with Gasteiger partial charge >= 0.3 is 5.97 Å². The largest absolute Gasteiger partial charge is 0.480 e. The Hall–Kier alpha value is -0.650. The Labute approximate surface area is 121 Å². The maximum absolute atomic E-state index is 10.7. The summed E-state index contributed by atoms with van der Waals surface area (Å²) in [6.45, 7) is 9.61. The third-order valence-corrected chi connectivity index (χ3v) is 4.41. The normalized spacial score (nSPS) is 30.5. The summed E-state index contributed by atoms with van der Waals surface area (Å²) in [7, 11) is 0. The van der Waals surface area contributed by atoms with Crippen LogP contribution < -0.4 is 0 Å². The molecule has 2 aliphatic rings. The highest BCUT2D eigenvalue weighted by atomic mass is 16.5. The monoisotopic (exact) mass is 284 g/mol. The molecule has 0 amide bonds. The Morgan fingerprint density at radius 1 is 1.15 bits per heavy atom. The molecular formula is C15H28N2O3. The first-order chi connectivity index (χ1) is 9.52. The lowest BCUT2D eigenvalue weighted by atomic mass is 9.93. The van der Waals surface area contributed by atoms with E-state index in [1.54, 1.807) is 0 Å². The Morgan fingerprint density at radius 2 is 1.75 bits per heavy atom.